The summed E-state index contributed by atoms with van der Waals surface area (Å²) in [4.78, 5) is 17.8. The van der Waals surface area contributed by atoms with Gasteiger partial charge in [-0.3, -0.25) is 9.36 Å². The number of nitrogens with one attached hydrogen (secondary N) is 1. The third-order valence-electron chi connectivity index (χ3n) is 4.43. The molecule has 1 aromatic carbocycles. The molecule has 3 aromatic heterocycles. The minimum atomic E-state index is -0.338. The number of amides is 1. The van der Waals surface area contributed by atoms with Gasteiger partial charge in [0.25, 0.3) is 0 Å². The molecule has 0 aliphatic heterocycles. The molecule has 4 aromatic rings. The van der Waals surface area contributed by atoms with Gasteiger partial charge in [0, 0.05) is 10.6 Å². The predicted molar refractivity (Wildman–Crippen MR) is 115 cm³/mol. The Balaban J connectivity index is 1.59. The molecule has 4 rings (SSSR count). The van der Waals surface area contributed by atoms with E-state index in [1.165, 1.54) is 35.2 Å². The normalized spacial score (nSPS) is 11.1. The Morgan fingerprint density at radius 2 is 1.97 bits per heavy atom. The van der Waals surface area contributed by atoms with Crippen LogP contribution in [-0.2, 0) is 4.79 Å². The molecule has 0 radical (unpaired) electrons. The molecule has 0 aliphatic rings. The summed E-state index contributed by atoms with van der Waals surface area (Å²) < 4.78 is 20.6. The number of hydrogen-bond donors (Lipinski definition) is 1. The summed E-state index contributed by atoms with van der Waals surface area (Å²) in [5.41, 5.74) is 2.36. The third kappa shape index (κ3) is 4.14. The van der Waals surface area contributed by atoms with E-state index in [2.05, 4.69) is 20.5 Å². The van der Waals surface area contributed by atoms with Gasteiger partial charge in [-0.15, -0.1) is 21.5 Å². The molecule has 0 aliphatic carbocycles. The monoisotopic (exact) mass is 443 g/mol. The van der Waals surface area contributed by atoms with E-state index in [-0.39, 0.29) is 17.5 Å². The van der Waals surface area contributed by atoms with Crippen LogP contribution in [0.1, 0.15) is 16.3 Å². The summed E-state index contributed by atoms with van der Waals surface area (Å²) in [6.45, 7) is 5.69. The lowest BCUT2D eigenvalue weighted by molar-refractivity contribution is -0.113. The quantitative estimate of drug-likeness (QED) is 0.432. The average molecular weight is 444 g/mol. The maximum absolute atomic E-state index is 13.4. The first-order valence-corrected chi connectivity index (χ1v) is 10.8. The van der Waals surface area contributed by atoms with Gasteiger partial charge in [-0.1, -0.05) is 11.8 Å². The molecule has 0 spiro atoms. The Bertz CT molecular complexity index is 1180. The number of nitrogens with zero attached hydrogens (tertiary/aromatic N) is 4. The first-order valence-electron chi connectivity index (χ1n) is 9.05. The van der Waals surface area contributed by atoms with Crippen molar-refractivity contribution in [3.05, 3.63) is 58.7 Å². The van der Waals surface area contributed by atoms with Crippen LogP contribution in [0.25, 0.3) is 17.1 Å². The van der Waals surface area contributed by atoms with E-state index in [4.69, 9.17) is 4.42 Å². The number of anilines is 1. The molecule has 0 unspecified atom stereocenters. The topological polar surface area (TPSA) is 85.8 Å². The van der Waals surface area contributed by atoms with Gasteiger partial charge in [-0.2, -0.15) is 0 Å². The van der Waals surface area contributed by atoms with Crippen molar-refractivity contribution in [2.24, 2.45) is 0 Å². The van der Waals surface area contributed by atoms with Crippen LogP contribution in [0.3, 0.4) is 0 Å². The van der Waals surface area contributed by atoms with Crippen LogP contribution in [-0.4, -0.2) is 31.4 Å². The smallest absolute Gasteiger partial charge is 0.236 e. The zero-order valence-corrected chi connectivity index (χ0v) is 18.1. The number of hydrogen-bond acceptors (Lipinski definition) is 7. The minimum Gasteiger partial charge on any atom is -0.469 e. The van der Waals surface area contributed by atoms with E-state index < -0.39 is 0 Å². The van der Waals surface area contributed by atoms with Gasteiger partial charge < -0.3 is 9.73 Å². The molecule has 154 valence electrons. The van der Waals surface area contributed by atoms with Crippen molar-refractivity contribution in [3.63, 3.8) is 0 Å². The first kappa shape index (κ1) is 20.3. The zero-order chi connectivity index (χ0) is 21.3. The zero-order valence-electron chi connectivity index (χ0n) is 16.5. The maximum Gasteiger partial charge on any atom is 0.236 e. The number of aromatic nitrogens is 4. The summed E-state index contributed by atoms with van der Waals surface area (Å²) in [6.07, 6.45) is 1.58. The number of halogens is 1. The maximum atomic E-state index is 13.4. The largest absolute Gasteiger partial charge is 0.469 e. The van der Waals surface area contributed by atoms with Crippen LogP contribution in [0.4, 0.5) is 9.52 Å². The van der Waals surface area contributed by atoms with Crippen molar-refractivity contribution < 1.29 is 13.6 Å². The summed E-state index contributed by atoms with van der Waals surface area (Å²) in [5, 5.41) is 12.4. The van der Waals surface area contributed by atoms with Gasteiger partial charge in [0.05, 0.1) is 23.3 Å². The Morgan fingerprint density at radius 1 is 1.20 bits per heavy atom. The predicted octanol–water partition coefficient (Wildman–Crippen LogP) is 4.78. The number of thiazole rings is 1. The van der Waals surface area contributed by atoms with Gasteiger partial charge in [-0.05, 0) is 51.1 Å². The number of furan rings is 1. The molecule has 0 fully saturated rings. The van der Waals surface area contributed by atoms with Crippen molar-refractivity contribution in [2.75, 3.05) is 11.1 Å². The van der Waals surface area contributed by atoms with Crippen molar-refractivity contribution in [1.82, 2.24) is 19.7 Å². The van der Waals surface area contributed by atoms with E-state index in [1.54, 1.807) is 29.0 Å². The van der Waals surface area contributed by atoms with Gasteiger partial charge in [0.1, 0.15) is 11.6 Å². The SMILES string of the molecule is Cc1nc(NC(=O)CSc2nnc(-c3ccoc3C)n2-c2ccc(F)cc2)sc1C. The number of rotatable bonds is 6. The second-order valence-corrected chi connectivity index (χ2v) is 8.65. The molecule has 0 atom stereocenters. The van der Waals surface area contributed by atoms with E-state index in [0.717, 1.165) is 16.1 Å². The number of carbonyl (C=O) groups is 1. The molecule has 30 heavy (non-hydrogen) atoms. The Labute approximate surface area is 180 Å². The Kier molecular flexibility index (Phi) is 5.69. The molecule has 1 N–H and O–H groups in total. The number of thioether (sulfide) groups is 1. The first-order chi connectivity index (χ1) is 14.4. The van der Waals surface area contributed by atoms with Crippen molar-refractivity contribution in [2.45, 2.75) is 25.9 Å². The van der Waals surface area contributed by atoms with Crippen LogP contribution in [0.2, 0.25) is 0 Å². The van der Waals surface area contributed by atoms with Crippen molar-refractivity contribution >= 4 is 34.1 Å². The van der Waals surface area contributed by atoms with Crippen LogP contribution in [0, 0.1) is 26.6 Å². The Morgan fingerprint density at radius 3 is 2.60 bits per heavy atom. The molecule has 3 heterocycles. The van der Waals surface area contributed by atoms with E-state index >= 15 is 0 Å². The number of carbonyl (C=O) groups excluding carboxylic acids is 1. The van der Waals surface area contributed by atoms with Crippen LogP contribution >= 0.6 is 23.1 Å². The van der Waals surface area contributed by atoms with Gasteiger partial charge in [0.2, 0.25) is 5.91 Å². The molecular weight excluding hydrogens is 425 g/mol. The van der Waals surface area contributed by atoms with Crippen LogP contribution in [0.5, 0.6) is 0 Å². The van der Waals surface area contributed by atoms with Gasteiger partial charge in [0.15, 0.2) is 16.1 Å². The summed E-state index contributed by atoms with van der Waals surface area (Å²) >= 11 is 2.68. The molecular formula is C20H18FN5O2S2. The number of benzene rings is 1. The second-order valence-electron chi connectivity index (χ2n) is 6.51. The minimum absolute atomic E-state index is 0.126. The molecule has 0 bridgehead atoms. The highest BCUT2D eigenvalue weighted by Gasteiger charge is 2.20. The highest BCUT2D eigenvalue weighted by molar-refractivity contribution is 7.99. The molecule has 10 heteroatoms. The van der Waals surface area contributed by atoms with Gasteiger partial charge in [-0.25, -0.2) is 9.37 Å². The third-order valence-corrected chi connectivity index (χ3v) is 6.34. The lowest BCUT2D eigenvalue weighted by Gasteiger charge is -2.10. The fourth-order valence-electron chi connectivity index (χ4n) is 2.79. The summed E-state index contributed by atoms with van der Waals surface area (Å²) in [7, 11) is 0. The summed E-state index contributed by atoms with van der Waals surface area (Å²) in [6, 6.07) is 7.82. The van der Waals surface area contributed by atoms with E-state index in [9.17, 15) is 9.18 Å². The fraction of sp³-hybridized carbons (Fsp3) is 0.200. The molecule has 0 saturated carbocycles. The van der Waals surface area contributed by atoms with Gasteiger partial charge >= 0.3 is 0 Å². The highest BCUT2D eigenvalue weighted by Crippen LogP contribution is 2.30. The fourth-order valence-corrected chi connectivity index (χ4v) is 4.37. The second kappa shape index (κ2) is 8.41. The average Bonchev–Trinajstić information content (AvgIpc) is 3.40. The van der Waals surface area contributed by atoms with E-state index in [0.29, 0.717) is 27.6 Å². The van der Waals surface area contributed by atoms with E-state index in [1.807, 2.05) is 20.8 Å². The molecule has 0 saturated heterocycles. The standard InChI is InChI=1S/C20H18FN5O2S2/c1-11-13(3)30-19(22-11)23-17(27)10-29-20-25-24-18(16-8-9-28-12(16)2)26(20)15-6-4-14(21)5-7-15/h4-9H,10H2,1-3H3,(H,22,23,27). The van der Waals surface area contributed by atoms with Crippen molar-refractivity contribution in [1.29, 1.82) is 0 Å². The Hall–Kier alpha value is -2.98. The van der Waals surface area contributed by atoms with Crippen molar-refractivity contribution in [3.8, 4) is 17.1 Å². The number of aryl methyl sites for hydroxylation is 3. The molecule has 1 amide bonds. The molecule has 7 nitrogen and oxygen atoms in total. The lowest BCUT2D eigenvalue weighted by atomic mass is 10.2. The summed E-state index contributed by atoms with van der Waals surface area (Å²) in [5.74, 6) is 0.844. The highest BCUT2D eigenvalue weighted by atomic mass is 32.2. The lowest BCUT2D eigenvalue weighted by Crippen LogP contribution is -2.14. The van der Waals surface area contributed by atoms with Crippen LogP contribution in [0.15, 0.2) is 46.2 Å². The van der Waals surface area contributed by atoms with Crippen LogP contribution < -0.4 is 5.32 Å².